The van der Waals surface area contributed by atoms with E-state index in [0.717, 1.165) is 58.4 Å². The van der Waals surface area contributed by atoms with Gasteiger partial charge in [0.1, 0.15) is 0 Å². The summed E-state index contributed by atoms with van der Waals surface area (Å²) < 4.78 is 12.1. The summed E-state index contributed by atoms with van der Waals surface area (Å²) in [4.78, 5) is 47.6. The normalized spacial score (nSPS) is 37.5. The highest BCUT2D eigenvalue weighted by atomic mass is 35.5. The van der Waals surface area contributed by atoms with E-state index in [1.807, 2.05) is 6.20 Å². The van der Waals surface area contributed by atoms with Gasteiger partial charge in [0, 0.05) is 75.9 Å². The molecule has 6 aliphatic rings. The Hall–Kier alpha value is -1.92. The van der Waals surface area contributed by atoms with E-state index in [1.54, 1.807) is 4.90 Å². The highest BCUT2D eigenvalue weighted by Crippen LogP contribution is 2.46. The first kappa shape index (κ1) is 27.3. The zero-order valence-electron chi connectivity index (χ0n) is 22.5. The SMILES string of the molecule is NC(=O)N1CCN(C2CC3OC4CCC(Cl)CC4N4C=C(C(=O)NCCN5CCOCC5)C(=O)C(C2)C34)CC1. The Bertz CT molecular complexity index is 984. The van der Waals surface area contributed by atoms with Crippen LogP contribution in [0.4, 0.5) is 4.79 Å². The molecule has 5 fully saturated rings. The van der Waals surface area contributed by atoms with Gasteiger partial charge >= 0.3 is 6.03 Å². The molecular formula is C27H41ClN6O5. The molecule has 0 bridgehead atoms. The summed E-state index contributed by atoms with van der Waals surface area (Å²) in [5, 5.41) is 3.09. The molecular weight excluding hydrogens is 524 g/mol. The van der Waals surface area contributed by atoms with Crippen molar-refractivity contribution in [2.24, 2.45) is 11.7 Å². The van der Waals surface area contributed by atoms with Crippen molar-refractivity contribution in [2.45, 2.75) is 67.8 Å². The molecule has 0 aromatic carbocycles. The predicted molar refractivity (Wildman–Crippen MR) is 144 cm³/mol. The van der Waals surface area contributed by atoms with E-state index in [0.29, 0.717) is 39.3 Å². The number of fused-ring (bicyclic) bond motifs is 2. The number of piperazine rings is 1. The van der Waals surface area contributed by atoms with Crippen molar-refractivity contribution in [3.8, 4) is 0 Å². The molecule has 11 nitrogen and oxygen atoms in total. The van der Waals surface area contributed by atoms with E-state index in [-0.39, 0.29) is 64.9 Å². The fraction of sp³-hybridized carbons (Fsp3) is 0.815. The van der Waals surface area contributed by atoms with Gasteiger partial charge < -0.3 is 30.3 Å². The van der Waals surface area contributed by atoms with Crippen LogP contribution in [0.3, 0.4) is 0 Å². The van der Waals surface area contributed by atoms with Crippen LogP contribution in [0, 0.1) is 5.92 Å². The van der Waals surface area contributed by atoms with Crippen LogP contribution in [-0.4, -0.2) is 139 Å². The number of Topliss-reactive ketones (excluding diaryl/α,β-unsaturated/α-hetero) is 1. The highest BCUT2D eigenvalue weighted by Gasteiger charge is 2.56. The van der Waals surface area contributed by atoms with Crippen LogP contribution in [0.5, 0.6) is 0 Å². The summed E-state index contributed by atoms with van der Waals surface area (Å²) in [7, 11) is 0. The average Bonchev–Trinajstić information content (AvgIpc) is 2.95. The molecule has 39 heavy (non-hydrogen) atoms. The molecule has 7 unspecified atom stereocenters. The fourth-order valence-electron chi connectivity index (χ4n) is 7.60. The van der Waals surface area contributed by atoms with Crippen LogP contribution in [-0.2, 0) is 19.1 Å². The van der Waals surface area contributed by atoms with Gasteiger partial charge in [-0.2, -0.15) is 0 Å². The Kier molecular flexibility index (Phi) is 8.05. The molecule has 12 heteroatoms. The summed E-state index contributed by atoms with van der Waals surface area (Å²) in [6.07, 6.45) is 5.89. The average molecular weight is 565 g/mol. The third kappa shape index (κ3) is 5.53. The van der Waals surface area contributed by atoms with E-state index in [4.69, 9.17) is 26.8 Å². The van der Waals surface area contributed by atoms with Gasteiger partial charge in [-0.15, -0.1) is 11.6 Å². The van der Waals surface area contributed by atoms with Gasteiger partial charge in [-0.05, 0) is 32.1 Å². The fourth-order valence-corrected chi connectivity index (χ4v) is 7.91. The molecule has 7 atom stereocenters. The van der Waals surface area contributed by atoms with Crippen molar-refractivity contribution in [3.63, 3.8) is 0 Å². The highest BCUT2D eigenvalue weighted by molar-refractivity contribution is 6.21. The van der Waals surface area contributed by atoms with Crippen LogP contribution in [0.15, 0.2) is 11.8 Å². The van der Waals surface area contributed by atoms with Crippen molar-refractivity contribution >= 4 is 29.3 Å². The topological polar surface area (TPSA) is 121 Å². The van der Waals surface area contributed by atoms with Crippen LogP contribution in [0.25, 0.3) is 0 Å². The zero-order valence-corrected chi connectivity index (χ0v) is 23.3. The number of carbonyl (C=O) groups is 3. The molecule has 6 rings (SSSR count). The molecule has 3 N–H and O–H groups in total. The second-order valence-electron chi connectivity index (χ2n) is 11.8. The first-order valence-corrected chi connectivity index (χ1v) is 15.0. The minimum absolute atomic E-state index is 0.0439. The zero-order chi connectivity index (χ0) is 27.1. The number of amides is 3. The van der Waals surface area contributed by atoms with Crippen molar-refractivity contribution < 1.29 is 23.9 Å². The monoisotopic (exact) mass is 564 g/mol. The Morgan fingerprint density at radius 2 is 1.79 bits per heavy atom. The number of primary amides is 1. The number of hydrogen-bond acceptors (Lipinski definition) is 8. The molecule has 3 amide bonds. The van der Waals surface area contributed by atoms with Crippen LogP contribution in [0.2, 0.25) is 0 Å². The summed E-state index contributed by atoms with van der Waals surface area (Å²) in [6, 6.07) is -0.233. The van der Waals surface area contributed by atoms with Gasteiger partial charge in [0.15, 0.2) is 5.78 Å². The minimum atomic E-state index is -0.387. The van der Waals surface area contributed by atoms with Gasteiger partial charge in [-0.1, -0.05) is 0 Å². The smallest absolute Gasteiger partial charge is 0.314 e. The third-order valence-electron chi connectivity index (χ3n) is 9.68. The summed E-state index contributed by atoms with van der Waals surface area (Å²) in [6.45, 7) is 6.98. The first-order chi connectivity index (χ1) is 18.9. The van der Waals surface area contributed by atoms with Crippen LogP contribution < -0.4 is 11.1 Å². The maximum Gasteiger partial charge on any atom is 0.314 e. The number of halogens is 1. The lowest BCUT2D eigenvalue weighted by Gasteiger charge is -2.59. The van der Waals surface area contributed by atoms with Crippen molar-refractivity contribution in [3.05, 3.63) is 11.8 Å². The van der Waals surface area contributed by atoms with E-state index in [2.05, 4.69) is 20.0 Å². The number of urea groups is 1. The van der Waals surface area contributed by atoms with Crippen LogP contribution >= 0.6 is 11.6 Å². The van der Waals surface area contributed by atoms with Gasteiger partial charge in [-0.25, -0.2) is 4.79 Å². The minimum Gasteiger partial charge on any atom is -0.379 e. The van der Waals surface area contributed by atoms with E-state index < -0.39 is 0 Å². The Morgan fingerprint density at radius 3 is 2.54 bits per heavy atom. The van der Waals surface area contributed by atoms with Gasteiger partial charge in [0.05, 0.1) is 43.1 Å². The molecule has 2 saturated carbocycles. The van der Waals surface area contributed by atoms with Crippen molar-refractivity contribution in [1.82, 2.24) is 24.9 Å². The number of rotatable bonds is 5. The molecule has 0 spiro atoms. The summed E-state index contributed by atoms with van der Waals surface area (Å²) >= 11 is 6.61. The Morgan fingerprint density at radius 1 is 1.03 bits per heavy atom. The number of ether oxygens (including phenoxy) is 2. The largest absolute Gasteiger partial charge is 0.379 e. The van der Waals surface area contributed by atoms with Gasteiger partial charge in [0.2, 0.25) is 0 Å². The van der Waals surface area contributed by atoms with Crippen molar-refractivity contribution in [1.29, 1.82) is 0 Å². The molecule has 216 valence electrons. The second-order valence-corrected chi connectivity index (χ2v) is 12.5. The predicted octanol–water partition coefficient (Wildman–Crippen LogP) is -0.0258. The van der Waals surface area contributed by atoms with Gasteiger partial charge in [-0.3, -0.25) is 19.4 Å². The molecule has 0 aromatic heterocycles. The molecule has 2 aliphatic carbocycles. The maximum absolute atomic E-state index is 13.9. The number of ketones is 1. The Labute approximate surface area is 234 Å². The number of nitrogens with zero attached hydrogens (tertiary/aromatic N) is 4. The standard InChI is InChI=1S/C27H41ClN6O5/c28-17-1-2-22-21(13-17)34-16-20(26(36)30-3-4-31-9-11-38-12-10-31)25(35)19-14-18(15-23(39-22)24(19)34)32-5-7-33(8-6-32)27(29)37/h16-19,21-24H,1-15H2,(H2,29,37)(H,30,36). The third-order valence-corrected chi connectivity index (χ3v) is 10.1. The number of hydrogen-bond donors (Lipinski definition) is 2. The Balaban J connectivity index is 1.20. The van der Waals surface area contributed by atoms with E-state index >= 15 is 0 Å². The molecule has 4 aliphatic heterocycles. The number of nitrogens with one attached hydrogen (secondary N) is 1. The lowest BCUT2D eigenvalue weighted by Crippen LogP contribution is -2.69. The lowest BCUT2D eigenvalue weighted by atomic mass is 9.70. The first-order valence-electron chi connectivity index (χ1n) is 14.6. The van der Waals surface area contributed by atoms with Crippen LogP contribution in [0.1, 0.15) is 32.1 Å². The van der Waals surface area contributed by atoms with Gasteiger partial charge in [0.25, 0.3) is 5.91 Å². The van der Waals surface area contributed by atoms with E-state index in [9.17, 15) is 14.4 Å². The summed E-state index contributed by atoms with van der Waals surface area (Å²) in [5.41, 5.74) is 5.75. The van der Waals surface area contributed by atoms with Crippen molar-refractivity contribution in [2.75, 3.05) is 65.6 Å². The molecule has 3 saturated heterocycles. The number of nitrogens with two attached hydrogens (primary N) is 1. The molecule has 4 heterocycles. The number of alkyl halides is 1. The quantitative estimate of drug-likeness (QED) is 0.353. The molecule has 0 aromatic rings. The number of carbonyl (C=O) groups excluding carboxylic acids is 3. The summed E-state index contributed by atoms with van der Waals surface area (Å²) in [5.74, 6) is -0.683. The maximum atomic E-state index is 13.9. The van der Waals surface area contributed by atoms with E-state index in [1.165, 1.54) is 0 Å². The second kappa shape index (κ2) is 11.5. The number of morpholine rings is 2. The lowest BCUT2D eigenvalue weighted by molar-refractivity contribution is -0.188. The molecule has 0 radical (unpaired) electrons.